The first-order valence-corrected chi connectivity index (χ1v) is 13.6. The van der Waals surface area contributed by atoms with E-state index in [1.54, 1.807) is 18.2 Å². The lowest BCUT2D eigenvalue weighted by Crippen LogP contribution is -2.61. The normalized spacial score (nSPS) is 27.0. The fourth-order valence-corrected chi connectivity index (χ4v) is 4.63. The molecular formula is C31H36O10. The lowest BCUT2D eigenvalue weighted by atomic mass is 9.98. The zero-order valence-corrected chi connectivity index (χ0v) is 23.3. The number of ether oxygens (including phenoxy) is 7. The number of esters is 2. The third-order valence-electron chi connectivity index (χ3n) is 6.70. The monoisotopic (exact) mass is 568 g/mol. The van der Waals surface area contributed by atoms with Gasteiger partial charge in [-0.1, -0.05) is 66.7 Å². The van der Waals surface area contributed by atoms with E-state index in [9.17, 15) is 14.4 Å². The Bertz CT molecular complexity index is 1170. The summed E-state index contributed by atoms with van der Waals surface area (Å²) < 4.78 is 42.1. The van der Waals surface area contributed by atoms with Gasteiger partial charge in [0.2, 0.25) is 0 Å². The summed E-state index contributed by atoms with van der Waals surface area (Å²) in [6, 6.07) is 18.5. The Morgan fingerprint density at radius 1 is 0.976 bits per heavy atom. The molecule has 0 amide bonds. The van der Waals surface area contributed by atoms with Gasteiger partial charge >= 0.3 is 17.9 Å². The molecule has 2 aliphatic heterocycles. The van der Waals surface area contributed by atoms with Crippen LogP contribution in [0.15, 0.2) is 73.3 Å². The van der Waals surface area contributed by atoms with Crippen LogP contribution in [0.2, 0.25) is 0 Å². The summed E-state index contributed by atoms with van der Waals surface area (Å²) in [5, 5.41) is 0. The zero-order chi connectivity index (χ0) is 29.2. The van der Waals surface area contributed by atoms with E-state index in [2.05, 4.69) is 6.58 Å². The zero-order valence-electron chi connectivity index (χ0n) is 23.3. The van der Waals surface area contributed by atoms with Gasteiger partial charge in [0.05, 0.1) is 26.7 Å². The number of hydrogen-bond acceptors (Lipinski definition) is 10. The molecule has 2 aliphatic rings. The molecule has 1 unspecified atom stereocenters. The Kier molecular flexibility index (Phi) is 10.8. The number of benzene rings is 2. The first-order chi connectivity index (χ1) is 19.9. The Balaban J connectivity index is 1.68. The molecule has 0 N–H and O–H groups in total. The summed E-state index contributed by atoms with van der Waals surface area (Å²) in [6.07, 6.45) is -2.78. The van der Waals surface area contributed by atoms with E-state index in [4.69, 9.17) is 33.2 Å². The van der Waals surface area contributed by atoms with Gasteiger partial charge in [-0.3, -0.25) is 9.53 Å². The first kappa shape index (κ1) is 30.5. The maximum Gasteiger partial charge on any atom is 0.339 e. The van der Waals surface area contributed by atoms with Gasteiger partial charge in [0.25, 0.3) is 0 Å². The molecule has 10 heteroatoms. The number of hydrogen-bond donors (Lipinski definition) is 0. The summed E-state index contributed by atoms with van der Waals surface area (Å²) in [5.74, 6) is -3.32. The molecule has 2 heterocycles. The number of rotatable bonds is 14. The molecule has 0 spiro atoms. The van der Waals surface area contributed by atoms with Gasteiger partial charge in [-0.15, -0.1) is 6.58 Å². The van der Waals surface area contributed by atoms with Crippen LogP contribution in [-0.4, -0.2) is 62.1 Å². The van der Waals surface area contributed by atoms with Crippen molar-refractivity contribution in [3.8, 4) is 0 Å². The van der Waals surface area contributed by atoms with Crippen molar-refractivity contribution in [2.45, 2.75) is 75.9 Å². The van der Waals surface area contributed by atoms with Gasteiger partial charge in [-0.25, -0.2) is 4.79 Å². The summed E-state index contributed by atoms with van der Waals surface area (Å²) in [5.41, 5.74) is 1.42. The number of carbonyl (C=O) groups excluding carboxylic acids is 3. The topological polar surface area (TPSA) is 116 Å². The highest BCUT2D eigenvalue weighted by Crippen LogP contribution is 2.45. The van der Waals surface area contributed by atoms with Crippen LogP contribution in [0, 0.1) is 0 Å². The minimum atomic E-state index is -1.68. The molecule has 2 aromatic rings. The van der Waals surface area contributed by atoms with Crippen molar-refractivity contribution in [3.63, 3.8) is 0 Å². The molecule has 220 valence electrons. The van der Waals surface area contributed by atoms with E-state index >= 15 is 0 Å². The van der Waals surface area contributed by atoms with Crippen molar-refractivity contribution in [2.24, 2.45) is 0 Å². The fourth-order valence-electron chi connectivity index (χ4n) is 4.63. The number of ketones is 1. The highest BCUT2D eigenvalue weighted by Gasteiger charge is 2.62. The molecule has 41 heavy (non-hydrogen) atoms. The summed E-state index contributed by atoms with van der Waals surface area (Å²) in [4.78, 5) is 37.2. The van der Waals surface area contributed by atoms with Crippen molar-refractivity contribution in [1.82, 2.24) is 0 Å². The number of fused-ring (bicyclic) bond motifs is 1. The largest absolute Gasteiger partial charge is 0.467 e. The highest BCUT2D eigenvalue weighted by molar-refractivity contribution is 5.81. The molecular weight excluding hydrogens is 532 g/mol. The molecule has 4 rings (SSSR count). The van der Waals surface area contributed by atoms with Crippen molar-refractivity contribution < 1.29 is 47.5 Å². The van der Waals surface area contributed by atoms with Gasteiger partial charge in [-0.2, -0.15) is 0 Å². The second kappa shape index (κ2) is 14.5. The van der Waals surface area contributed by atoms with Crippen molar-refractivity contribution >= 4 is 17.7 Å². The summed E-state index contributed by atoms with van der Waals surface area (Å²) in [7, 11) is 1.20. The molecule has 0 saturated carbocycles. The third kappa shape index (κ3) is 7.66. The maximum absolute atomic E-state index is 12.9. The number of methoxy groups -OCH3 is 1. The fraction of sp³-hybridized carbons (Fsp3) is 0.452. The quantitative estimate of drug-likeness (QED) is 0.188. The number of allylic oxidation sites excluding steroid dienone is 1. The van der Waals surface area contributed by atoms with Crippen LogP contribution in [-0.2, 0) is 60.1 Å². The smallest absolute Gasteiger partial charge is 0.339 e. The minimum Gasteiger partial charge on any atom is -0.467 e. The van der Waals surface area contributed by atoms with E-state index in [0.717, 1.165) is 12.0 Å². The highest BCUT2D eigenvalue weighted by atomic mass is 16.9. The van der Waals surface area contributed by atoms with Crippen LogP contribution in [0.5, 0.6) is 0 Å². The van der Waals surface area contributed by atoms with Crippen molar-refractivity contribution in [2.75, 3.05) is 13.7 Å². The molecule has 0 bridgehead atoms. The molecule has 0 aliphatic carbocycles. The van der Waals surface area contributed by atoms with Gasteiger partial charge in [0.15, 0.2) is 18.5 Å². The maximum atomic E-state index is 12.9. The molecule has 2 fully saturated rings. The Hall–Kier alpha value is -3.41. The molecule has 6 atom stereocenters. The van der Waals surface area contributed by atoms with Gasteiger partial charge in [-0.05, 0) is 25.3 Å². The standard InChI is InChI=1S/C31H36O10/c1-4-5-12-19-37-31(23-15-10-7-11-16-23)40-28-25(36-20-22-13-8-6-9-14-22)26(38-24(33)18-17-21(2)32)27(29(34)35-3)39-30(28)41-31/h4,6-11,13-16,25-28,30H,1,5,12,17-20H2,2-3H3/t25-,26-,27+,28+,30+,31?/m0/s1. The van der Waals surface area contributed by atoms with E-state index in [-0.39, 0.29) is 31.8 Å². The van der Waals surface area contributed by atoms with Gasteiger partial charge in [0, 0.05) is 12.0 Å². The van der Waals surface area contributed by atoms with E-state index in [1.165, 1.54) is 14.0 Å². The second-order valence-corrected chi connectivity index (χ2v) is 9.77. The molecule has 0 aromatic heterocycles. The van der Waals surface area contributed by atoms with Crippen LogP contribution in [0.1, 0.15) is 43.7 Å². The number of unbranched alkanes of at least 4 members (excludes halogenated alkanes) is 1. The van der Waals surface area contributed by atoms with Crippen LogP contribution in [0.25, 0.3) is 0 Å². The predicted molar refractivity (Wildman–Crippen MR) is 145 cm³/mol. The number of Topliss-reactive ketones (excluding diaryl/α,β-unsaturated/α-hetero) is 1. The second-order valence-electron chi connectivity index (χ2n) is 9.77. The Labute approximate surface area is 239 Å². The van der Waals surface area contributed by atoms with E-state index in [1.807, 2.05) is 48.5 Å². The van der Waals surface area contributed by atoms with Crippen LogP contribution < -0.4 is 0 Å². The molecule has 2 saturated heterocycles. The average Bonchev–Trinajstić information content (AvgIpc) is 3.37. The predicted octanol–water partition coefficient (Wildman–Crippen LogP) is 3.96. The van der Waals surface area contributed by atoms with Crippen LogP contribution in [0.3, 0.4) is 0 Å². The molecule has 2 aromatic carbocycles. The van der Waals surface area contributed by atoms with Crippen molar-refractivity contribution in [3.05, 3.63) is 84.4 Å². The summed E-state index contributed by atoms with van der Waals surface area (Å²) >= 11 is 0. The lowest BCUT2D eigenvalue weighted by molar-refractivity contribution is -0.366. The SMILES string of the molecule is C=CCCCOC1(c2ccccc2)O[C@H]2O[C@@H](C(=O)OC)[C@@H](OC(=O)CCC(C)=O)[C@H](OCc3ccccc3)[C@H]2O1. The Morgan fingerprint density at radius 3 is 2.34 bits per heavy atom. The van der Waals surface area contributed by atoms with Gasteiger partial charge in [0.1, 0.15) is 18.0 Å². The lowest BCUT2D eigenvalue weighted by Gasteiger charge is -2.40. The van der Waals surface area contributed by atoms with Crippen molar-refractivity contribution in [1.29, 1.82) is 0 Å². The third-order valence-corrected chi connectivity index (χ3v) is 6.70. The molecule has 0 radical (unpaired) electrons. The van der Waals surface area contributed by atoms with Crippen LogP contribution >= 0.6 is 0 Å². The average molecular weight is 569 g/mol. The van der Waals surface area contributed by atoms with Crippen LogP contribution in [0.4, 0.5) is 0 Å². The molecule has 10 nitrogen and oxygen atoms in total. The minimum absolute atomic E-state index is 0.00777. The van der Waals surface area contributed by atoms with E-state index in [0.29, 0.717) is 12.0 Å². The van der Waals surface area contributed by atoms with Gasteiger partial charge < -0.3 is 33.2 Å². The Morgan fingerprint density at radius 2 is 1.68 bits per heavy atom. The number of carbonyl (C=O) groups is 3. The first-order valence-electron chi connectivity index (χ1n) is 13.6. The summed E-state index contributed by atoms with van der Waals surface area (Å²) in [6.45, 7) is 5.52. The van der Waals surface area contributed by atoms with E-state index < -0.39 is 48.6 Å².